The van der Waals surface area contributed by atoms with Crippen molar-refractivity contribution in [2.24, 2.45) is 5.92 Å². The molecule has 0 saturated carbocycles. The SMILES string of the molecule is CCC1CCC(C)(C(NC(=O)c2ccc(Cl)c(S(=O)(=O)N(C)C)c2)c2ccccc2)NC1. The van der Waals surface area contributed by atoms with E-state index in [2.05, 4.69) is 24.5 Å². The van der Waals surface area contributed by atoms with Crippen LogP contribution in [0.2, 0.25) is 5.02 Å². The van der Waals surface area contributed by atoms with E-state index in [-0.39, 0.29) is 33.0 Å². The van der Waals surface area contributed by atoms with E-state index in [0.29, 0.717) is 5.92 Å². The van der Waals surface area contributed by atoms with Gasteiger partial charge in [-0.05, 0) is 56.0 Å². The fraction of sp³-hybridized carbons (Fsp3) is 0.458. The molecule has 0 bridgehead atoms. The zero-order chi connectivity index (χ0) is 23.5. The molecule has 0 spiro atoms. The largest absolute Gasteiger partial charge is 0.343 e. The molecule has 6 nitrogen and oxygen atoms in total. The number of benzene rings is 2. The highest BCUT2D eigenvalue weighted by Crippen LogP contribution is 2.35. The van der Waals surface area contributed by atoms with Crippen LogP contribution in [0.1, 0.15) is 55.1 Å². The van der Waals surface area contributed by atoms with Gasteiger partial charge >= 0.3 is 0 Å². The summed E-state index contributed by atoms with van der Waals surface area (Å²) in [5, 5.41) is 6.92. The van der Waals surface area contributed by atoms with Gasteiger partial charge in [0.15, 0.2) is 0 Å². The summed E-state index contributed by atoms with van der Waals surface area (Å²) in [4.78, 5) is 13.2. The standard InChI is InChI=1S/C24H32ClN3O3S/c1-5-17-13-14-24(2,26-16-17)22(18-9-7-6-8-10-18)27-23(29)19-11-12-20(25)21(15-19)32(30,31)28(3)4/h6-12,15,17,22,26H,5,13-14,16H2,1-4H3,(H,27,29). The van der Waals surface area contributed by atoms with Gasteiger partial charge in [-0.2, -0.15) is 0 Å². The Kier molecular flexibility index (Phi) is 7.65. The molecule has 32 heavy (non-hydrogen) atoms. The Bertz CT molecular complexity index is 1050. The number of nitrogens with zero attached hydrogens (tertiary/aromatic N) is 1. The molecule has 3 rings (SSSR count). The van der Waals surface area contributed by atoms with Crippen molar-refractivity contribution in [2.45, 2.75) is 49.6 Å². The third-order valence-electron chi connectivity index (χ3n) is 6.44. The number of hydrogen-bond acceptors (Lipinski definition) is 4. The minimum atomic E-state index is -3.78. The third kappa shape index (κ3) is 5.17. The zero-order valence-corrected chi connectivity index (χ0v) is 20.6. The molecule has 3 unspecified atom stereocenters. The number of carbonyl (C=O) groups is 1. The van der Waals surface area contributed by atoms with Crippen LogP contribution < -0.4 is 10.6 Å². The summed E-state index contributed by atoms with van der Waals surface area (Å²) in [6.45, 7) is 5.24. The number of rotatable bonds is 7. The van der Waals surface area contributed by atoms with Gasteiger partial charge in [-0.3, -0.25) is 4.79 Å². The molecule has 1 heterocycles. The molecule has 1 aliphatic rings. The average Bonchev–Trinajstić information content (AvgIpc) is 2.78. The molecule has 2 aromatic rings. The summed E-state index contributed by atoms with van der Waals surface area (Å²) >= 11 is 6.15. The molecular weight excluding hydrogens is 446 g/mol. The predicted octanol–water partition coefficient (Wildman–Crippen LogP) is 4.23. The lowest BCUT2D eigenvalue weighted by Gasteiger charge is -2.44. The Morgan fingerprint density at radius 1 is 1.25 bits per heavy atom. The van der Waals surface area contributed by atoms with Crippen molar-refractivity contribution < 1.29 is 13.2 Å². The Morgan fingerprint density at radius 3 is 2.50 bits per heavy atom. The van der Waals surface area contributed by atoms with E-state index in [1.165, 1.54) is 26.2 Å². The van der Waals surface area contributed by atoms with Gasteiger partial charge in [0.05, 0.1) is 11.1 Å². The Labute approximate surface area is 196 Å². The fourth-order valence-electron chi connectivity index (χ4n) is 4.18. The van der Waals surface area contributed by atoms with Crippen molar-refractivity contribution in [1.82, 2.24) is 14.9 Å². The number of nitrogens with one attached hydrogen (secondary N) is 2. The van der Waals surface area contributed by atoms with Crippen LogP contribution in [0.15, 0.2) is 53.4 Å². The number of carbonyl (C=O) groups excluding carboxylic acids is 1. The quantitative estimate of drug-likeness (QED) is 0.625. The molecule has 0 radical (unpaired) electrons. The Morgan fingerprint density at radius 2 is 1.94 bits per heavy atom. The van der Waals surface area contributed by atoms with Crippen molar-refractivity contribution in [1.29, 1.82) is 0 Å². The number of sulfonamides is 1. The van der Waals surface area contributed by atoms with E-state index in [0.717, 1.165) is 35.7 Å². The van der Waals surface area contributed by atoms with Gasteiger partial charge in [-0.25, -0.2) is 12.7 Å². The predicted molar refractivity (Wildman–Crippen MR) is 128 cm³/mol. The highest BCUT2D eigenvalue weighted by Gasteiger charge is 2.39. The first kappa shape index (κ1) is 24.7. The first-order chi connectivity index (χ1) is 15.1. The van der Waals surface area contributed by atoms with E-state index < -0.39 is 10.0 Å². The van der Waals surface area contributed by atoms with Crippen molar-refractivity contribution in [3.8, 4) is 0 Å². The van der Waals surface area contributed by atoms with E-state index in [4.69, 9.17) is 11.6 Å². The van der Waals surface area contributed by atoms with Gasteiger partial charge in [-0.15, -0.1) is 0 Å². The first-order valence-electron chi connectivity index (χ1n) is 10.9. The second-order valence-electron chi connectivity index (χ2n) is 8.86. The van der Waals surface area contributed by atoms with Crippen LogP contribution in [0.4, 0.5) is 0 Å². The maximum Gasteiger partial charge on any atom is 0.251 e. The summed E-state index contributed by atoms with van der Waals surface area (Å²) in [5.41, 5.74) is 0.927. The maximum absolute atomic E-state index is 13.3. The van der Waals surface area contributed by atoms with Crippen molar-refractivity contribution in [2.75, 3.05) is 20.6 Å². The van der Waals surface area contributed by atoms with Crippen LogP contribution in [0.25, 0.3) is 0 Å². The summed E-state index contributed by atoms with van der Waals surface area (Å²) < 4.78 is 26.3. The zero-order valence-electron chi connectivity index (χ0n) is 19.1. The molecule has 0 aromatic heterocycles. The average molecular weight is 478 g/mol. The summed E-state index contributed by atoms with van der Waals surface area (Å²) in [7, 11) is -0.910. The van der Waals surface area contributed by atoms with E-state index in [1.807, 2.05) is 30.3 Å². The third-order valence-corrected chi connectivity index (χ3v) is 8.74. The molecule has 2 N–H and O–H groups in total. The van der Waals surface area contributed by atoms with Crippen molar-refractivity contribution >= 4 is 27.5 Å². The second kappa shape index (κ2) is 9.91. The minimum Gasteiger partial charge on any atom is -0.343 e. The molecule has 8 heteroatoms. The monoisotopic (exact) mass is 477 g/mol. The first-order valence-corrected chi connectivity index (χ1v) is 12.7. The molecule has 1 amide bonds. The van der Waals surface area contributed by atoms with Gasteiger partial charge in [-0.1, -0.05) is 55.3 Å². The lowest BCUT2D eigenvalue weighted by molar-refractivity contribution is 0.0878. The van der Waals surface area contributed by atoms with Crippen LogP contribution in [-0.4, -0.2) is 44.8 Å². The molecule has 0 aliphatic carbocycles. The van der Waals surface area contributed by atoms with Gasteiger partial charge in [0.25, 0.3) is 5.91 Å². The lowest BCUT2D eigenvalue weighted by atomic mass is 9.77. The smallest absolute Gasteiger partial charge is 0.251 e. The van der Waals surface area contributed by atoms with Gasteiger partial charge in [0.1, 0.15) is 4.90 Å². The van der Waals surface area contributed by atoms with Crippen LogP contribution in [-0.2, 0) is 10.0 Å². The molecule has 2 aromatic carbocycles. The van der Waals surface area contributed by atoms with Gasteiger partial charge in [0.2, 0.25) is 10.0 Å². The van der Waals surface area contributed by atoms with Crippen LogP contribution in [0, 0.1) is 5.92 Å². The van der Waals surface area contributed by atoms with Crippen LogP contribution >= 0.6 is 11.6 Å². The number of amides is 1. The number of hydrogen-bond donors (Lipinski definition) is 2. The maximum atomic E-state index is 13.3. The van der Waals surface area contributed by atoms with Gasteiger partial charge < -0.3 is 10.6 Å². The normalized spacial score (nSPS) is 22.5. The molecule has 1 fully saturated rings. The molecule has 1 saturated heterocycles. The number of piperidine rings is 1. The van der Waals surface area contributed by atoms with E-state index >= 15 is 0 Å². The second-order valence-corrected chi connectivity index (χ2v) is 11.4. The highest BCUT2D eigenvalue weighted by atomic mass is 35.5. The fourth-order valence-corrected chi connectivity index (χ4v) is 5.57. The molecule has 174 valence electrons. The summed E-state index contributed by atoms with van der Waals surface area (Å²) in [6, 6.07) is 14.0. The topological polar surface area (TPSA) is 78.5 Å². The van der Waals surface area contributed by atoms with Crippen LogP contribution in [0.5, 0.6) is 0 Å². The molecule has 3 atom stereocenters. The van der Waals surface area contributed by atoms with Crippen molar-refractivity contribution in [3.05, 3.63) is 64.7 Å². The van der Waals surface area contributed by atoms with Crippen molar-refractivity contribution in [3.63, 3.8) is 0 Å². The Hall–Kier alpha value is -1.93. The van der Waals surface area contributed by atoms with E-state index in [1.54, 1.807) is 6.07 Å². The van der Waals surface area contributed by atoms with Gasteiger partial charge in [0, 0.05) is 25.2 Å². The van der Waals surface area contributed by atoms with Crippen LogP contribution in [0.3, 0.4) is 0 Å². The minimum absolute atomic E-state index is 0.0825. The summed E-state index contributed by atoms with van der Waals surface area (Å²) in [5.74, 6) is 0.289. The molecule has 1 aliphatic heterocycles. The Balaban J connectivity index is 1.93. The van der Waals surface area contributed by atoms with E-state index in [9.17, 15) is 13.2 Å². The highest BCUT2D eigenvalue weighted by molar-refractivity contribution is 7.89. The molecular formula is C24H32ClN3O3S. The number of halogens is 1. The lowest BCUT2D eigenvalue weighted by Crippen LogP contribution is -2.57. The summed E-state index contributed by atoms with van der Waals surface area (Å²) in [6.07, 6.45) is 3.14.